The van der Waals surface area contributed by atoms with E-state index >= 15 is 0 Å². The van der Waals surface area contributed by atoms with E-state index in [0.717, 1.165) is 31.0 Å². The molecule has 0 saturated carbocycles. The Morgan fingerprint density at radius 2 is 1.86 bits per heavy atom. The summed E-state index contributed by atoms with van der Waals surface area (Å²) in [4.78, 5) is 16.4. The van der Waals surface area contributed by atoms with Crippen LogP contribution in [0.15, 0.2) is 72.6 Å². The number of amides is 1. The number of nitrogens with one attached hydrogen (secondary N) is 2. The Hall–Kier alpha value is -3.73. The fraction of sp³-hybridized carbons (Fsp3) is 0.344. The van der Waals surface area contributed by atoms with Gasteiger partial charge in [0.2, 0.25) is 0 Å². The lowest BCUT2D eigenvalue weighted by Crippen LogP contribution is -2.27. The van der Waals surface area contributed by atoms with E-state index in [9.17, 15) is 4.79 Å². The van der Waals surface area contributed by atoms with Crippen LogP contribution in [0.3, 0.4) is 0 Å². The second-order valence-electron chi connectivity index (χ2n) is 10.7. The molecule has 2 atom stereocenters. The van der Waals surface area contributed by atoms with E-state index in [2.05, 4.69) is 91.2 Å². The highest BCUT2D eigenvalue weighted by Gasteiger charge is 2.25. The van der Waals surface area contributed by atoms with Gasteiger partial charge in [0.05, 0.1) is 11.7 Å². The van der Waals surface area contributed by atoms with Gasteiger partial charge < -0.3 is 20.4 Å². The molecule has 0 spiro atoms. The van der Waals surface area contributed by atoms with Gasteiger partial charge in [0, 0.05) is 50.2 Å². The smallest absolute Gasteiger partial charge is 0.253 e. The molecule has 3 heterocycles. The summed E-state index contributed by atoms with van der Waals surface area (Å²) in [5.41, 5.74) is 10.8. The number of nitrogens with zero attached hydrogens (tertiary/aromatic N) is 2. The summed E-state index contributed by atoms with van der Waals surface area (Å²) in [5, 5.41) is 6.88. The predicted octanol–water partition coefficient (Wildman–Crippen LogP) is 5.89. The van der Waals surface area contributed by atoms with Gasteiger partial charge in [-0.2, -0.15) is 0 Å². The molecule has 1 unspecified atom stereocenters. The first-order valence-corrected chi connectivity index (χ1v) is 13.4. The van der Waals surface area contributed by atoms with E-state index in [4.69, 9.17) is 0 Å². The zero-order valence-electron chi connectivity index (χ0n) is 22.6. The van der Waals surface area contributed by atoms with Gasteiger partial charge in [-0.05, 0) is 90.1 Å². The second kappa shape index (κ2) is 10.3. The van der Waals surface area contributed by atoms with Crippen LogP contribution < -0.4 is 15.5 Å². The van der Waals surface area contributed by atoms with E-state index in [1.807, 2.05) is 12.1 Å². The Balaban J connectivity index is 1.43. The van der Waals surface area contributed by atoms with Gasteiger partial charge in [-0.3, -0.25) is 4.79 Å². The molecular formula is C32H38N4O. The van der Waals surface area contributed by atoms with Gasteiger partial charge in [-0.1, -0.05) is 38.1 Å². The average Bonchev–Trinajstić information content (AvgIpc) is 3.67. The molecule has 0 radical (unpaired) electrons. The van der Waals surface area contributed by atoms with Crippen molar-refractivity contribution >= 4 is 28.4 Å². The fourth-order valence-corrected chi connectivity index (χ4v) is 5.40. The summed E-state index contributed by atoms with van der Waals surface area (Å²) in [5.74, 6) is 0.772. The molecular weight excluding hydrogens is 456 g/mol. The molecule has 0 bridgehead atoms. The number of carbonyl (C=O) groups excluding carboxylic acids is 1. The van der Waals surface area contributed by atoms with Gasteiger partial charge in [0.25, 0.3) is 5.91 Å². The first-order valence-electron chi connectivity index (χ1n) is 13.4. The van der Waals surface area contributed by atoms with Crippen LogP contribution in [-0.2, 0) is 0 Å². The maximum Gasteiger partial charge on any atom is 0.253 e. The van der Waals surface area contributed by atoms with Crippen molar-refractivity contribution in [2.45, 2.75) is 39.7 Å². The van der Waals surface area contributed by atoms with Crippen LogP contribution in [-0.4, -0.2) is 44.0 Å². The molecule has 1 amide bonds. The highest BCUT2D eigenvalue weighted by molar-refractivity contribution is 5.94. The van der Waals surface area contributed by atoms with Crippen molar-refractivity contribution in [2.24, 2.45) is 5.92 Å². The first-order chi connectivity index (χ1) is 17.9. The van der Waals surface area contributed by atoms with Crippen LogP contribution >= 0.6 is 0 Å². The number of benzene rings is 2. The minimum Gasteiger partial charge on any atom is -0.381 e. The number of rotatable bonds is 7. The minimum absolute atomic E-state index is 0.0258. The Morgan fingerprint density at radius 3 is 2.49 bits per heavy atom. The average molecular weight is 495 g/mol. The summed E-state index contributed by atoms with van der Waals surface area (Å²) in [6.45, 7) is 9.01. The molecule has 1 saturated heterocycles. The molecule has 5 nitrogen and oxygen atoms in total. The van der Waals surface area contributed by atoms with Crippen molar-refractivity contribution < 1.29 is 4.79 Å². The van der Waals surface area contributed by atoms with Crippen molar-refractivity contribution in [3.63, 3.8) is 0 Å². The van der Waals surface area contributed by atoms with Crippen LogP contribution in [0.1, 0.15) is 60.7 Å². The number of dihydropyridines is 1. The summed E-state index contributed by atoms with van der Waals surface area (Å²) in [7, 11) is 3.56. The van der Waals surface area contributed by atoms with E-state index in [-0.39, 0.29) is 11.9 Å². The monoisotopic (exact) mass is 494 g/mol. The van der Waals surface area contributed by atoms with Crippen LogP contribution in [0.5, 0.6) is 0 Å². The van der Waals surface area contributed by atoms with Gasteiger partial charge in [-0.15, -0.1) is 0 Å². The molecule has 5 heteroatoms. The fourth-order valence-electron chi connectivity index (χ4n) is 5.40. The zero-order chi connectivity index (χ0) is 26.1. The molecule has 2 N–H and O–H groups in total. The lowest BCUT2D eigenvalue weighted by molar-refractivity contribution is 0.0827. The molecule has 5 rings (SSSR count). The molecule has 37 heavy (non-hydrogen) atoms. The predicted molar refractivity (Wildman–Crippen MR) is 155 cm³/mol. The largest absolute Gasteiger partial charge is 0.381 e. The molecule has 192 valence electrons. The van der Waals surface area contributed by atoms with Crippen molar-refractivity contribution in [3.8, 4) is 0 Å². The molecule has 3 aliphatic rings. The van der Waals surface area contributed by atoms with E-state index < -0.39 is 0 Å². The number of hydrogen-bond donors (Lipinski definition) is 2. The molecule has 2 aromatic rings. The topological polar surface area (TPSA) is 57.5 Å². The Bertz CT molecular complexity index is 1310. The Morgan fingerprint density at radius 1 is 1.14 bits per heavy atom. The van der Waals surface area contributed by atoms with Crippen molar-refractivity contribution in [1.29, 1.82) is 0 Å². The zero-order valence-corrected chi connectivity index (χ0v) is 22.6. The van der Waals surface area contributed by atoms with Crippen molar-refractivity contribution in [3.05, 3.63) is 94.8 Å². The highest BCUT2D eigenvalue weighted by Crippen LogP contribution is 2.37. The summed E-state index contributed by atoms with van der Waals surface area (Å²) >= 11 is 0. The summed E-state index contributed by atoms with van der Waals surface area (Å²) in [6.07, 6.45) is 10.9. The molecule has 0 aromatic heterocycles. The number of anilines is 1. The lowest BCUT2D eigenvalue weighted by atomic mass is 9.90. The molecule has 2 aromatic carbocycles. The maximum absolute atomic E-state index is 12.3. The quantitative estimate of drug-likeness (QED) is 0.504. The van der Waals surface area contributed by atoms with Crippen LogP contribution in [0.25, 0.3) is 16.8 Å². The van der Waals surface area contributed by atoms with Crippen LogP contribution in [0, 0.1) is 5.92 Å². The number of carbonyl (C=O) groups is 1. The number of allylic oxidation sites excluding steroid dienone is 3. The third-order valence-corrected chi connectivity index (χ3v) is 7.73. The molecule has 1 fully saturated rings. The van der Waals surface area contributed by atoms with Gasteiger partial charge in [0.15, 0.2) is 0 Å². The standard InChI is InChI=1S/C32H38N4O/c1-6-23(24-7-9-25(10-8-24)32(37)35(4)5)18-29-22(3)27(13-15-33-29)26-11-12-31(28(17-26)30-19-34-30)36-16-14-21(2)20-36/h7-13,15,17-19,21,29,33-34H,6,14,16,20H2,1-5H3/b23-18+/t21-,29?/m0/s1. The molecule has 0 aliphatic carbocycles. The normalized spacial score (nSPS) is 20.9. The lowest BCUT2D eigenvalue weighted by Gasteiger charge is -2.25. The second-order valence-corrected chi connectivity index (χ2v) is 10.7. The van der Waals surface area contributed by atoms with Crippen LogP contribution in [0.2, 0.25) is 0 Å². The van der Waals surface area contributed by atoms with E-state index in [1.165, 1.54) is 45.7 Å². The molecule has 3 aliphatic heterocycles. The first kappa shape index (κ1) is 24.9. The summed E-state index contributed by atoms with van der Waals surface area (Å²) < 4.78 is 0. The Labute approximate surface area is 221 Å². The Kier molecular flexibility index (Phi) is 6.96. The highest BCUT2D eigenvalue weighted by atomic mass is 16.2. The number of hydrogen-bond acceptors (Lipinski definition) is 4. The minimum atomic E-state index is 0.0258. The van der Waals surface area contributed by atoms with Gasteiger partial charge in [-0.25, -0.2) is 0 Å². The van der Waals surface area contributed by atoms with Crippen molar-refractivity contribution in [1.82, 2.24) is 15.5 Å². The van der Waals surface area contributed by atoms with Crippen molar-refractivity contribution in [2.75, 3.05) is 32.1 Å². The third-order valence-electron chi connectivity index (χ3n) is 7.73. The summed E-state index contributed by atoms with van der Waals surface area (Å²) in [6, 6.07) is 15.0. The van der Waals surface area contributed by atoms with Gasteiger partial charge >= 0.3 is 0 Å². The van der Waals surface area contributed by atoms with E-state index in [0.29, 0.717) is 5.56 Å². The third kappa shape index (κ3) is 5.22. The maximum atomic E-state index is 12.3. The van der Waals surface area contributed by atoms with Crippen LogP contribution in [0.4, 0.5) is 5.69 Å². The van der Waals surface area contributed by atoms with E-state index in [1.54, 1.807) is 19.0 Å². The SMILES string of the molecule is CC/C(=C\C1NC=CC(c2ccc(N3CC[C@H](C)C3)c(C3=CN3)c2)=C1C)c1ccc(C(=O)N(C)C)cc1. The van der Waals surface area contributed by atoms with Gasteiger partial charge in [0.1, 0.15) is 0 Å².